The third-order valence-corrected chi connectivity index (χ3v) is 3.97. The lowest BCUT2D eigenvalue weighted by atomic mass is 10.2. The number of nitrogens with one attached hydrogen (secondary N) is 1. The number of nitrogens with zero attached hydrogens (tertiary/aromatic N) is 2. The number of carbonyl (C=O) groups is 1. The Morgan fingerprint density at radius 3 is 2.81 bits per heavy atom. The van der Waals surface area contributed by atoms with Gasteiger partial charge in [-0.15, -0.1) is 0 Å². The van der Waals surface area contributed by atoms with Gasteiger partial charge in [0.2, 0.25) is 0 Å². The molecule has 0 saturated carbocycles. The van der Waals surface area contributed by atoms with Gasteiger partial charge in [0.25, 0.3) is 0 Å². The second kappa shape index (κ2) is 7.93. The van der Waals surface area contributed by atoms with Gasteiger partial charge in [-0.05, 0) is 42.8 Å². The number of aryl methyl sites for hydroxylation is 1. The van der Waals surface area contributed by atoms with Gasteiger partial charge in [-0.2, -0.15) is 0 Å². The van der Waals surface area contributed by atoms with Crippen molar-refractivity contribution in [3.05, 3.63) is 76.5 Å². The van der Waals surface area contributed by atoms with Crippen molar-refractivity contribution in [2.75, 3.05) is 5.32 Å². The first-order valence-corrected chi connectivity index (χ1v) is 8.15. The predicted molar refractivity (Wildman–Crippen MR) is 97.6 cm³/mol. The molecule has 0 aliphatic carbocycles. The molecule has 0 saturated heterocycles. The number of anilines is 2. The number of ether oxygens (including phenoxy) is 1. The average Bonchev–Trinajstić information content (AvgIpc) is 2.61. The summed E-state index contributed by atoms with van der Waals surface area (Å²) in [5, 5.41) is 3.42. The van der Waals surface area contributed by atoms with Crippen LogP contribution < -0.4 is 10.1 Å². The van der Waals surface area contributed by atoms with E-state index in [0.29, 0.717) is 45.4 Å². The van der Waals surface area contributed by atoms with Crippen molar-refractivity contribution >= 4 is 29.4 Å². The maximum absolute atomic E-state index is 13.2. The zero-order valence-electron chi connectivity index (χ0n) is 13.9. The monoisotopic (exact) mass is 371 g/mol. The second-order valence-electron chi connectivity index (χ2n) is 5.53. The van der Waals surface area contributed by atoms with E-state index in [-0.39, 0.29) is 12.4 Å². The molecule has 3 rings (SSSR count). The van der Waals surface area contributed by atoms with Crippen LogP contribution in [-0.4, -0.2) is 16.3 Å². The van der Waals surface area contributed by atoms with Crippen molar-refractivity contribution in [2.24, 2.45) is 0 Å². The molecule has 0 bridgehead atoms. The molecule has 5 nitrogen and oxygen atoms in total. The fraction of sp³-hybridized carbons (Fsp3) is 0.105. The molecular formula is C19H15ClFN3O2. The molecule has 0 spiro atoms. The first-order valence-electron chi connectivity index (χ1n) is 7.77. The Hall–Kier alpha value is -2.99. The number of carbonyl (C=O) groups excluding carboxylic acids is 1. The van der Waals surface area contributed by atoms with Crippen LogP contribution in [0.4, 0.5) is 15.9 Å². The Morgan fingerprint density at radius 2 is 2.08 bits per heavy atom. The minimum absolute atomic E-state index is 0.199. The second-order valence-corrected chi connectivity index (χ2v) is 5.94. The Balaban J connectivity index is 1.73. The third kappa shape index (κ3) is 4.15. The largest absolute Gasteiger partial charge is 0.487 e. The van der Waals surface area contributed by atoms with Gasteiger partial charge >= 0.3 is 0 Å². The predicted octanol–water partition coefficient (Wildman–Crippen LogP) is 4.71. The average molecular weight is 372 g/mol. The first-order chi connectivity index (χ1) is 12.6. The molecule has 2 aromatic carbocycles. The van der Waals surface area contributed by atoms with Crippen molar-refractivity contribution in [1.82, 2.24) is 9.97 Å². The molecule has 0 atom stereocenters. The van der Waals surface area contributed by atoms with E-state index < -0.39 is 0 Å². The van der Waals surface area contributed by atoms with Gasteiger partial charge < -0.3 is 10.1 Å². The Morgan fingerprint density at radius 1 is 1.23 bits per heavy atom. The summed E-state index contributed by atoms with van der Waals surface area (Å²) in [6.45, 7) is 1.93. The number of hydrogen-bond donors (Lipinski definition) is 1. The summed E-state index contributed by atoms with van der Waals surface area (Å²) in [7, 11) is 0. The molecule has 1 aromatic heterocycles. The lowest BCUT2D eigenvalue weighted by Crippen LogP contribution is -2.02. The number of benzene rings is 2. The molecule has 26 heavy (non-hydrogen) atoms. The van der Waals surface area contributed by atoms with E-state index >= 15 is 0 Å². The molecule has 0 aliphatic rings. The van der Waals surface area contributed by atoms with Crippen LogP contribution in [0.2, 0.25) is 5.02 Å². The van der Waals surface area contributed by atoms with Crippen LogP contribution in [0.5, 0.6) is 5.75 Å². The van der Waals surface area contributed by atoms with Gasteiger partial charge in [-0.3, -0.25) is 4.79 Å². The number of hydrogen-bond acceptors (Lipinski definition) is 5. The molecule has 0 fully saturated rings. The van der Waals surface area contributed by atoms with Crippen LogP contribution in [0.15, 0.2) is 48.8 Å². The minimum Gasteiger partial charge on any atom is -0.487 e. The van der Waals surface area contributed by atoms with E-state index in [1.54, 1.807) is 37.3 Å². The molecular weight excluding hydrogens is 357 g/mol. The Bertz CT molecular complexity index is 950. The normalized spacial score (nSPS) is 10.4. The lowest BCUT2D eigenvalue weighted by Gasteiger charge is -2.12. The summed E-state index contributed by atoms with van der Waals surface area (Å²) in [4.78, 5) is 19.3. The molecule has 0 aliphatic heterocycles. The van der Waals surface area contributed by atoms with Crippen molar-refractivity contribution in [2.45, 2.75) is 13.5 Å². The van der Waals surface area contributed by atoms with Crippen molar-refractivity contribution in [1.29, 1.82) is 0 Å². The highest BCUT2D eigenvalue weighted by atomic mass is 35.5. The molecule has 1 N–H and O–H groups in total. The SMILES string of the molecule is Cc1ncnc(Nc2ccc(OCc3cccc(F)c3)c(Cl)c2)c1C=O. The van der Waals surface area contributed by atoms with E-state index in [2.05, 4.69) is 15.3 Å². The van der Waals surface area contributed by atoms with Gasteiger partial charge in [0, 0.05) is 5.69 Å². The number of aromatic nitrogens is 2. The number of halogens is 2. The van der Waals surface area contributed by atoms with Crippen molar-refractivity contribution in [3.8, 4) is 5.75 Å². The number of rotatable bonds is 6. The highest BCUT2D eigenvalue weighted by molar-refractivity contribution is 6.32. The molecule has 0 amide bonds. The summed E-state index contributed by atoms with van der Waals surface area (Å²) < 4.78 is 18.8. The summed E-state index contributed by atoms with van der Waals surface area (Å²) in [6.07, 6.45) is 2.08. The van der Waals surface area contributed by atoms with Gasteiger partial charge in [0.05, 0.1) is 16.3 Å². The zero-order chi connectivity index (χ0) is 18.5. The minimum atomic E-state index is -0.317. The summed E-state index contributed by atoms with van der Waals surface area (Å²) >= 11 is 6.26. The molecule has 3 aromatic rings. The van der Waals surface area contributed by atoms with Gasteiger partial charge in [0.1, 0.15) is 30.3 Å². The summed E-state index contributed by atoms with van der Waals surface area (Å²) in [5.41, 5.74) is 2.32. The van der Waals surface area contributed by atoms with Crippen LogP contribution in [0, 0.1) is 12.7 Å². The van der Waals surface area contributed by atoms with Gasteiger partial charge in [-0.25, -0.2) is 14.4 Å². The maximum atomic E-state index is 13.2. The van der Waals surface area contributed by atoms with Crippen LogP contribution in [-0.2, 0) is 6.61 Å². The fourth-order valence-electron chi connectivity index (χ4n) is 2.34. The van der Waals surface area contributed by atoms with Gasteiger partial charge in [0.15, 0.2) is 6.29 Å². The number of aldehydes is 1. The van der Waals surface area contributed by atoms with Crippen LogP contribution in [0.3, 0.4) is 0 Å². The van der Waals surface area contributed by atoms with E-state index in [1.807, 2.05) is 0 Å². The quantitative estimate of drug-likeness (QED) is 0.635. The Kier molecular flexibility index (Phi) is 5.43. The van der Waals surface area contributed by atoms with Crippen LogP contribution in [0.1, 0.15) is 21.6 Å². The van der Waals surface area contributed by atoms with Crippen LogP contribution in [0.25, 0.3) is 0 Å². The maximum Gasteiger partial charge on any atom is 0.155 e. The molecule has 1 heterocycles. The zero-order valence-corrected chi connectivity index (χ0v) is 14.6. The van der Waals surface area contributed by atoms with Gasteiger partial charge in [-0.1, -0.05) is 23.7 Å². The smallest absolute Gasteiger partial charge is 0.155 e. The van der Waals surface area contributed by atoms with E-state index in [9.17, 15) is 9.18 Å². The molecule has 132 valence electrons. The molecule has 0 radical (unpaired) electrons. The van der Waals surface area contributed by atoms with Crippen molar-refractivity contribution in [3.63, 3.8) is 0 Å². The van der Waals surface area contributed by atoms with Crippen molar-refractivity contribution < 1.29 is 13.9 Å². The Labute approximate surface area is 154 Å². The highest BCUT2D eigenvalue weighted by Gasteiger charge is 2.09. The highest BCUT2D eigenvalue weighted by Crippen LogP contribution is 2.30. The fourth-order valence-corrected chi connectivity index (χ4v) is 2.58. The standard InChI is InChI=1S/C19H15ClFN3O2/c1-12-16(9-25)19(23-11-22-12)24-15-5-6-18(17(20)8-15)26-10-13-3-2-4-14(21)7-13/h2-9,11H,10H2,1H3,(H,22,23,24). The summed E-state index contributed by atoms with van der Waals surface area (Å²) in [6, 6.07) is 11.3. The van der Waals surface area contributed by atoms with E-state index in [1.165, 1.54) is 18.5 Å². The molecule has 0 unspecified atom stereocenters. The van der Waals surface area contributed by atoms with E-state index in [0.717, 1.165) is 0 Å². The topological polar surface area (TPSA) is 64.1 Å². The molecule has 7 heteroatoms. The summed E-state index contributed by atoms with van der Waals surface area (Å²) in [5.74, 6) is 0.552. The third-order valence-electron chi connectivity index (χ3n) is 3.68. The van der Waals surface area contributed by atoms with E-state index in [4.69, 9.17) is 16.3 Å². The first kappa shape index (κ1) is 17.8. The van der Waals surface area contributed by atoms with Crippen LogP contribution >= 0.6 is 11.6 Å². The lowest BCUT2D eigenvalue weighted by molar-refractivity contribution is 0.112.